The van der Waals surface area contributed by atoms with Crippen molar-refractivity contribution in [2.75, 3.05) is 26.3 Å². The normalized spacial score (nSPS) is 16.0. The Morgan fingerprint density at radius 1 is 1.07 bits per heavy atom. The van der Waals surface area contributed by atoms with Crippen molar-refractivity contribution in [3.8, 4) is 0 Å². The van der Waals surface area contributed by atoms with E-state index < -0.39 is 6.61 Å². The molecule has 4 nitrogen and oxygen atoms in total. The average molecular weight is 380 g/mol. The minimum Gasteiger partial charge on any atom is -0.395 e. The summed E-state index contributed by atoms with van der Waals surface area (Å²) in [4.78, 5) is 13.5. The highest BCUT2D eigenvalue weighted by atomic mass is 16.3. The van der Waals surface area contributed by atoms with Crippen LogP contribution in [0.3, 0.4) is 0 Å². The van der Waals surface area contributed by atoms with Gasteiger partial charge < -0.3 is 10.2 Å². The van der Waals surface area contributed by atoms with Crippen LogP contribution in [0.4, 0.5) is 0 Å². The number of ketones is 1. The van der Waals surface area contributed by atoms with Crippen LogP contribution in [0, 0.1) is 0 Å². The zero-order valence-electron chi connectivity index (χ0n) is 16.3. The molecule has 1 aliphatic carbocycles. The second kappa shape index (κ2) is 10.3. The van der Waals surface area contributed by atoms with Crippen LogP contribution in [0.25, 0.3) is 6.08 Å². The summed E-state index contributed by atoms with van der Waals surface area (Å²) < 4.78 is 0. The molecule has 28 heavy (non-hydrogen) atoms. The molecule has 4 heteroatoms. The maximum atomic E-state index is 11.2. The zero-order chi connectivity index (χ0) is 19.8. The maximum Gasteiger partial charge on any atom is 0.181 e. The van der Waals surface area contributed by atoms with Crippen molar-refractivity contribution in [3.05, 3.63) is 76.9 Å². The van der Waals surface area contributed by atoms with Crippen LogP contribution in [-0.2, 0) is 17.8 Å². The summed E-state index contributed by atoms with van der Waals surface area (Å²) in [6.45, 7) is 2.13. The molecular weight excluding hydrogens is 350 g/mol. The van der Waals surface area contributed by atoms with Gasteiger partial charge in [0.25, 0.3) is 0 Å². The minimum atomic E-state index is -0.462. The molecule has 1 atom stereocenters. The average Bonchev–Trinajstić information content (AvgIpc) is 3.14. The van der Waals surface area contributed by atoms with Gasteiger partial charge in [-0.1, -0.05) is 54.6 Å². The van der Waals surface area contributed by atoms with E-state index in [1.807, 2.05) is 12.1 Å². The summed E-state index contributed by atoms with van der Waals surface area (Å²) >= 11 is 0. The fourth-order valence-electron chi connectivity index (χ4n) is 3.93. The number of hydrogen-bond donors (Lipinski definition) is 2. The minimum absolute atomic E-state index is 0.158. The number of rotatable bonds is 10. The molecule has 0 amide bonds. The maximum absolute atomic E-state index is 11.2. The molecule has 2 aromatic rings. The van der Waals surface area contributed by atoms with Crippen LogP contribution in [0.15, 0.2) is 54.6 Å². The Bertz CT molecular complexity index is 798. The highest BCUT2D eigenvalue weighted by molar-refractivity contribution is 5.94. The van der Waals surface area contributed by atoms with E-state index in [0.29, 0.717) is 12.5 Å². The van der Waals surface area contributed by atoms with E-state index >= 15 is 0 Å². The number of aliphatic hydroxyl groups excluding tert-OH is 2. The van der Waals surface area contributed by atoms with Gasteiger partial charge >= 0.3 is 0 Å². The summed E-state index contributed by atoms with van der Waals surface area (Å²) in [5, 5.41) is 18.2. The number of aryl methyl sites for hydroxylation is 1. The highest BCUT2D eigenvalue weighted by Crippen LogP contribution is 2.35. The standard InChI is InChI=1S/C24H29NO3/c26-16-15-25(14-13-22-11-10-21-3-1-2-4-24(21)22)17-20-7-5-19(6-8-20)9-12-23(28)18-27/h1-9,12,22,26-27H,10-11,13-18H2/b12-9+. The molecule has 0 saturated heterocycles. The van der Waals surface area contributed by atoms with E-state index in [-0.39, 0.29) is 12.4 Å². The number of hydrogen-bond acceptors (Lipinski definition) is 4. The smallest absolute Gasteiger partial charge is 0.181 e. The zero-order valence-corrected chi connectivity index (χ0v) is 16.3. The number of carbonyl (C=O) groups excluding carboxylic acids is 1. The lowest BCUT2D eigenvalue weighted by atomic mass is 9.97. The van der Waals surface area contributed by atoms with Gasteiger partial charge in [-0.25, -0.2) is 0 Å². The number of benzene rings is 2. The lowest BCUT2D eigenvalue weighted by Gasteiger charge is -2.23. The number of aliphatic hydroxyl groups is 2. The van der Waals surface area contributed by atoms with Gasteiger partial charge in [0.2, 0.25) is 0 Å². The Balaban J connectivity index is 1.56. The summed E-state index contributed by atoms with van der Waals surface area (Å²) in [6.07, 6.45) is 6.62. The van der Waals surface area contributed by atoms with Crippen LogP contribution in [0.5, 0.6) is 0 Å². The highest BCUT2D eigenvalue weighted by Gasteiger charge is 2.22. The Labute approximate surface area is 167 Å². The molecule has 148 valence electrons. The summed E-state index contributed by atoms with van der Waals surface area (Å²) in [5.74, 6) is 0.320. The van der Waals surface area contributed by atoms with Gasteiger partial charge in [-0.3, -0.25) is 9.69 Å². The molecule has 2 aromatic carbocycles. The summed E-state index contributed by atoms with van der Waals surface area (Å²) in [5.41, 5.74) is 5.11. The lowest BCUT2D eigenvalue weighted by Crippen LogP contribution is -2.28. The van der Waals surface area contributed by atoms with Gasteiger partial charge in [0.1, 0.15) is 6.61 Å². The molecule has 0 spiro atoms. The quantitative estimate of drug-likeness (QED) is 0.623. The first-order valence-electron chi connectivity index (χ1n) is 10.0. The van der Waals surface area contributed by atoms with Gasteiger partial charge in [0.15, 0.2) is 5.78 Å². The molecule has 3 rings (SSSR count). The SMILES string of the molecule is O=C(/C=C/c1ccc(CN(CCO)CCC2CCc3ccccc32)cc1)CO. The summed E-state index contributed by atoms with van der Waals surface area (Å²) in [6, 6.07) is 16.8. The number of nitrogens with zero attached hydrogens (tertiary/aromatic N) is 1. The molecule has 0 bridgehead atoms. The molecule has 0 aliphatic heterocycles. The van der Waals surface area contributed by atoms with Gasteiger partial charge in [-0.2, -0.15) is 0 Å². The molecule has 0 saturated carbocycles. The van der Waals surface area contributed by atoms with E-state index in [4.69, 9.17) is 5.11 Å². The van der Waals surface area contributed by atoms with Crippen molar-refractivity contribution >= 4 is 11.9 Å². The van der Waals surface area contributed by atoms with Crippen molar-refractivity contribution < 1.29 is 15.0 Å². The predicted octanol–water partition coefficient (Wildman–Crippen LogP) is 3.18. The van der Waals surface area contributed by atoms with E-state index in [0.717, 1.165) is 25.1 Å². The van der Waals surface area contributed by atoms with E-state index in [1.54, 1.807) is 6.08 Å². The van der Waals surface area contributed by atoms with Crippen molar-refractivity contribution in [2.24, 2.45) is 0 Å². The first kappa shape index (κ1) is 20.5. The van der Waals surface area contributed by atoms with Crippen molar-refractivity contribution in [1.82, 2.24) is 4.90 Å². The van der Waals surface area contributed by atoms with Gasteiger partial charge in [0, 0.05) is 13.1 Å². The Kier molecular flexibility index (Phi) is 7.54. The first-order valence-corrected chi connectivity index (χ1v) is 10.0. The topological polar surface area (TPSA) is 60.8 Å². The monoisotopic (exact) mass is 379 g/mol. The number of carbonyl (C=O) groups is 1. The van der Waals surface area contributed by atoms with E-state index in [1.165, 1.54) is 35.6 Å². The third-order valence-electron chi connectivity index (χ3n) is 5.47. The fourth-order valence-corrected chi connectivity index (χ4v) is 3.93. The second-order valence-electron chi connectivity index (χ2n) is 7.42. The van der Waals surface area contributed by atoms with Gasteiger partial charge in [-0.15, -0.1) is 0 Å². The predicted molar refractivity (Wildman–Crippen MR) is 112 cm³/mol. The largest absolute Gasteiger partial charge is 0.395 e. The van der Waals surface area contributed by atoms with Crippen LogP contribution < -0.4 is 0 Å². The van der Waals surface area contributed by atoms with Crippen molar-refractivity contribution in [3.63, 3.8) is 0 Å². The van der Waals surface area contributed by atoms with E-state index in [2.05, 4.69) is 41.3 Å². The molecule has 0 heterocycles. The van der Waals surface area contributed by atoms with Crippen LogP contribution in [0.2, 0.25) is 0 Å². The molecule has 0 aromatic heterocycles. The van der Waals surface area contributed by atoms with Crippen LogP contribution in [0.1, 0.15) is 41.0 Å². The molecular formula is C24H29NO3. The molecule has 0 fully saturated rings. The third kappa shape index (κ3) is 5.61. The van der Waals surface area contributed by atoms with Crippen molar-refractivity contribution in [1.29, 1.82) is 0 Å². The Morgan fingerprint density at radius 3 is 2.61 bits per heavy atom. The van der Waals surface area contributed by atoms with Gasteiger partial charge in [0.05, 0.1) is 6.61 Å². The molecule has 0 radical (unpaired) electrons. The van der Waals surface area contributed by atoms with Gasteiger partial charge in [-0.05, 0) is 60.1 Å². The third-order valence-corrected chi connectivity index (χ3v) is 5.47. The first-order chi connectivity index (χ1) is 13.7. The van der Waals surface area contributed by atoms with Crippen LogP contribution >= 0.6 is 0 Å². The van der Waals surface area contributed by atoms with Crippen molar-refractivity contribution in [2.45, 2.75) is 31.7 Å². The molecule has 2 N–H and O–H groups in total. The fraction of sp³-hybridized carbons (Fsp3) is 0.375. The second-order valence-corrected chi connectivity index (χ2v) is 7.42. The Morgan fingerprint density at radius 2 is 1.86 bits per heavy atom. The van der Waals surface area contributed by atoms with E-state index in [9.17, 15) is 9.90 Å². The molecule has 1 aliphatic rings. The lowest BCUT2D eigenvalue weighted by molar-refractivity contribution is -0.117. The summed E-state index contributed by atoms with van der Waals surface area (Å²) in [7, 11) is 0. The Hall–Kier alpha value is -2.27. The van der Waals surface area contributed by atoms with Crippen LogP contribution in [-0.4, -0.2) is 47.2 Å². The number of fused-ring (bicyclic) bond motifs is 1. The molecule has 1 unspecified atom stereocenters.